The molecule has 0 bridgehead atoms. The van der Waals surface area contributed by atoms with Gasteiger partial charge in [-0.2, -0.15) is 5.26 Å². The highest BCUT2D eigenvalue weighted by molar-refractivity contribution is 5.35. The molecule has 2 rings (SSSR count). The van der Waals surface area contributed by atoms with E-state index in [1.54, 1.807) is 41.6 Å². The first-order chi connectivity index (χ1) is 6.40. The molecule has 13 heavy (non-hydrogen) atoms. The van der Waals surface area contributed by atoms with Crippen LogP contribution in [0.2, 0.25) is 0 Å². The molecule has 0 fully saturated rings. The Kier molecular flexibility index (Phi) is 1.77. The summed E-state index contributed by atoms with van der Waals surface area (Å²) in [6, 6.07) is 5.43. The van der Waals surface area contributed by atoms with Crippen molar-refractivity contribution in [1.82, 2.24) is 14.5 Å². The van der Waals surface area contributed by atoms with Crippen LogP contribution in [0.25, 0.3) is 5.82 Å². The van der Waals surface area contributed by atoms with Crippen molar-refractivity contribution in [2.75, 3.05) is 0 Å². The van der Waals surface area contributed by atoms with Gasteiger partial charge in [-0.05, 0) is 12.1 Å². The Morgan fingerprint density at radius 3 is 3.00 bits per heavy atom. The average Bonchev–Trinajstić information content (AvgIpc) is 2.71. The highest BCUT2D eigenvalue weighted by atomic mass is 15.1. The molecule has 2 aromatic heterocycles. The number of pyridine rings is 1. The second-order valence-corrected chi connectivity index (χ2v) is 2.48. The molecule has 0 radical (unpaired) electrons. The summed E-state index contributed by atoms with van der Waals surface area (Å²) in [7, 11) is 0. The van der Waals surface area contributed by atoms with Gasteiger partial charge in [-0.1, -0.05) is 0 Å². The van der Waals surface area contributed by atoms with Crippen LogP contribution >= 0.6 is 0 Å². The van der Waals surface area contributed by atoms with Gasteiger partial charge in [0.15, 0.2) is 0 Å². The van der Waals surface area contributed by atoms with E-state index in [1.165, 1.54) is 0 Å². The lowest BCUT2D eigenvalue weighted by atomic mass is 10.3. The minimum atomic E-state index is 0.596. The molecule has 4 nitrogen and oxygen atoms in total. The highest BCUT2D eigenvalue weighted by Gasteiger charge is 1.97. The molecule has 0 amide bonds. The molecule has 0 atom stereocenters. The Balaban J connectivity index is 2.49. The first kappa shape index (κ1) is 7.50. The molecule has 0 aliphatic heterocycles. The van der Waals surface area contributed by atoms with Crippen molar-refractivity contribution >= 4 is 0 Å². The summed E-state index contributed by atoms with van der Waals surface area (Å²) in [6.45, 7) is 0. The van der Waals surface area contributed by atoms with E-state index >= 15 is 0 Å². The van der Waals surface area contributed by atoms with Crippen LogP contribution in [0.5, 0.6) is 0 Å². The van der Waals surface area contributed by atoms with Crippen LogP contribution in [0.15, 0.2) is 37.1 Å². The lowest BCUT2D eigenvalue weighted by Crippen LogP contribution is -1.93. The standard InChI is InChI=1S/C9H6N4/c10-6-8-1-2-12-9(5-8)13-4-3-11-7-13/h1-5,7H. The molecular formula is C9H6N4. The number of aromatic nitrogens is 3. The number of nitrogens with zero attached hydrogens (tertiary/aromatic N) is 4. The molecule has 0 saturated carbocycles. The summed E-state index contributed by atoms with van der Waals surface area (Å²) >= 11 is 0. The van der Waals surface area contributed by atoms with Crippen LogP contribution in [-0.4, -0.2) is 14.5 Å². The van der Waals surface area contributed by atoms with E-state index < -0.39 is 0 Å². The first-order valence-electron chi connectivity index (χ1n) is 3.74. The Morgan fingerprint density at radius 1 is 1.38 bits per heavy atom. The van der Waals surface area contributed by atoms with Crippen molar-refractivity contribution < 1.29 is 0 Å². The van der Waals surface area contributed by atoms with Crippen molar-refractivity contribution in [3.63, 3.8) is 0 Å². The van der Waals surface area contributed by atoms with Gasteiger partial charge in [-0.25, -0.2) is 9.97 Å². The molecule has 0 aliphatic rings. The van der Waals surface area contributed by atoms with E-state index in [4.69, 9.17) is 5.26 Å². The molecule has 0 unspecified atom stereocenters. The molecule has 4 heteroatoms. The number of hydrogen-bond acceptors (Lipinski definition) is 3. The third-order valence-corrected chi connectivity index (χ3v) is 1.64. The quantitative estimate of drug-likeness (QED) is 0.644. The van der Waals surface area contributed by atoms with E-state index in [1.807, 2.05) is 0 Å². The molecule has 0 N–H and O–H groups in total. The smallest absolute Gasteiger partial charge is 0.139 e. The molecule has 2 aromatic rings. The predicted molar refractivity (Wildman–Crippen MR) is 46.1 cm³/mol. The van der Waals surface area contributed by atoms with Crippen molar-refractivity contribution in [3.8, 4) is 11.9 Å². The second-order valence-electron chi connectivity index (χ2n) is 2.48. The second kappa shape index (κ2) is 3.07. The molecule has 0 spiro atoms. The van der Waals surface area contributed by atoms with Crippen LogP contribution in [-0.2, 0) is 0 Å². The van der Waals surface area contributed by atoms with Crippen LogP contribution in [0.1, 0.15) is 5.56 Å². The zero-order valence-electron chi connectivity index (χ0n) is 6.75. The summed E-state index contributed by atoms with van der Waals surface area (Å²) < 4.78 is 1.75. The fraction of sp³-hybridized carbons (Fsp3) is 0. The molecule has 0 aromatic carbocycles. The van der Waals surface area contributed by atoms with Gasteiger partial charge < -0.3 is 0 Å². The Morgan fingerprint density at radius 2 is 2.31 bits per heavy atom. The molecular weight excluding hydrogens is 164 g/mol. The Bertz CT molecular complexity index is 439. The van der Waals surface area contributed by atoms with E-state index in [9.17, 15) is 0 Å². The summed E-state index contributed by atoms with van der Waals surface area (Å²) in [6.07, 6.45) is 6.70. The fourth-order valence-electron chi connectivity index (χ4n) is 1.02. The fourth-order valence-corrected chi connectivity index (χ4v) is 1.02. The van der Waals surface area contributed by atoms with Gasteiger partial charge in [0.25, 0.3) is 0 Å². The molecule has 2 heterocycles. The number of nitriles is 1. The average molecular weight is 170 g/mol. The van der Waals surface area contributed by atoms with Crippen LogP contribution in [0, 0.1) is 11.3 Å². The number of hydrogen-bond donors (Lipinski definition) is 0. The lowest BCUT2D eigenvalue weighted by molar-refractivity contribution is 0.991. The SMILES string of the molecule is N#Cc1ccnc(-n2ccnc2)c1. The summed E-state index contributed by atoms with van der Waals surface area (Å²) in [5.74, 6) is 0.705. The van der Waals surface area contributed by atoms with Crippen LogP contribution in [0.4, 0.5) is 0 Å². The van der Waals surface area contributed by atoms with Crippen molar-refractivity contribution in [3.05, 3.63) is 42.6 Å². The number of imidazole rings is 1. The van der Waals surface area contributed by atoms with Gasteiger partial charge in [0, 0.05) is 18.6 Å². The Hall–Kier alpha value is -2.15. The first-order valence-corrected chi connectivity index (χ1v) is 3.74. The zero-order valence-corrected chi connectivity index (χ0v) is 6.75. The highest BCUT2D eigenvalue weighted by Crippen LogP contribution is 2.05. The molecule has 0 saturated heterocycles. The van der Waals surface area contributed by atoms with Crippen molar-refractivity contribution in [2.45, 2.75) is 0 Å². The van der Waals surface area contributed by atoms with E-state index in [2.05, 4.69) is 16.0 Å². The van der Waals surface area contributed by atoms with Gasteiger partial charge in [0.1, 0.15) is 12.1 Å². The molecule has 62 valence electrons. The Labute approximate surface area is 75.1 Å². The summed E-state index contributed by atoms with van der Waals surface area (Å²) in [5, 5.41) is 8.66. The van der Waals surface area contributed by atoms with Crippen molar-refractivity contribution in [1.29, 1.82) is 5.26 Å². The third-order valence-electron chi connectivity index (χ3n) is 1.64. The minimum Gasteiger partial charge on any atom is -0.290 e. The van der Waals surface area contributed by atoms with Crippen LogP contribution < -0.4 is 0 Å². The largest absolute Gasteiger partial charge is 0.290 e. The van der Waals surface area contributed by atoms with Gasteiger partial charge in [-0.3, -0.25) is 4.57 Å². The normalized spacial score (nSPS) is 9.46. The monoisotopic (exact) mass is 170 g/mol. The summed E-state index contributed by atoms with van der Waals surface area (Å²) in [4.78, 5) is 8.00. The minimum absolute atomic E-state index is 0.596. The topological polar surface area (TPSA) is 54.5 Å². The summed E-state index contributed by atoms with van der Waals surface area (Å²) in [5.41, 5.74) is 0.596. The number of rotatable bonds is 1. The maximum Gasteiger partial charge on any atom is 0.139 e. The lowest BCUT2D eigenvalue weighted by Gasteiger charge is -1.99. The van der Waals surface area contributed by atoms with E-state index in [0.717, 1.165) is 0 Å². The zero-order chi connectivity index (χ0) is 9.10. The van der Waals surface area contributed by atoms with E-state index in [-0.39, 0.29) is 0 Å². The maximum atomic E-state index is 8.66. The van der Waals surface area contributed by atoms with Gasteiger partial charge in [-0.15, -0.1) is 0 Å². The maximum absolute atomic E-state index is 8.66. The van der Waals surface area contributed by atoms with Gasteiger partial charge in [0.05, 0.1) is 11.6 Å². The van der Waals surface area contributed by atoms with Gasteiger partial charge in [0.2, 0.25) is 0 Å². The van der Waals surface area contributed by atoms with Crippen LogP contribution in [0.3, 0.4) is 0 Å². The molecule has 0 aliphatic carbocycles. The predicted octanol–water partition coefficient (Wildman–Crippen LogP) is 1.14. The van der Waals surface area contributed by atoms with E-state index in [0.29, 0.717) is 11.4 Å². The third kappa shape index (κ3) is 1.40. The van der Waals surface area contributed by atoms with Gasteiger partial charge >= 0.3 is 0 Å². The van der Waals surface area contributed by atoms with Crippen molar-refractivity contribution in [2.24, 2.45) is 0 Å².